The number of benzene rings is 4. The van der Waals surface area contributed by atoms with Crippen LogP contribution >= 0.6 is 0 Å². The molecule has 4 rings (SSSR count). The van der Waals surface area contributed by atoms with Gasteiger partial charge in [-0.3, -0.25) is 0 Å². The second kappa shape index (κ2) is 7.78. The number of hydrogen-bond donors (Lipinski definition) is 0. The van der Waals surface area contributed by atoms with Gasteiger partial charge in [-0.05, 0) is 0 Å². The maximum absolute atomic E-state index is 15.3. The van der Waals surface area contributed by atoms with Gasteiger partial charge < -0.3 is 0 Å². The van der Waals surface area contributed by atoms with E-state index in [1.807, 2.05) is 110 Å². The molecule has 0 aliphatic rings. The minimum absolute atomic E-state index is 0.499. The van der Waals surface area contributed by atoms with Crippen LogP contribution in [0.1, 0.15) is 5.56 Å². The maximum atomic E-state index is 15.3. The van der Waals surface area contributed by atoms with E-state index in [-0.39, 0.29) is 0 Å². The molecule has 0 aliphatic heterocycles. The summed E-state index contributed by atoms with van der Waals surface area (Å²) in [4.78, 5) is 0. The van der Waals surface area contributed by atoms with E-state index < -0.39 is 16.1 Å². The summed E-state index contributed by atoms with van der Waals surface area (Å²) >= 11 is -5.72. The van der Waals surface area contributed by atoms with E-state index in [1.54, 1.807) is 12.1 Å². The van der Waals surface area contributed by atoms with Crippen LogP contribution in [0, 0.1) is 6.92 Å². The average Bonchev–Trinajstić information content (AvgIpc) is 2.77. The van der Waals surface area contributed by atoms with Crippen molar-refractivity contribution in [2.45, 2.75) is 6.92 Å². The van der Waals surface area contributed by atoms with Crippen molar-refractivity contribution >= 4 is 7.74 Å². The molecule has 0 heterocycles. The molecule has 4 aromatic rings. The van der Waals surface area contributed by atoms with Crippen molar-refractivity contribution in [2.75, 3.05) is 0 Å². The first-order valence-electron chi connectivity index (χ1n) is 9.57. The molecule has 0 bridgehead atoms. The first-order valence-corrected chi connectivity index (χ1v) is 13.0. The quantitative estimate of drug-likeness (QED) is 0.415. The van der Waals surface area contributed by atoms with Gasteiger partial charge in [-0.15, -0.1) is 0 Å². The number of para-hydroxylation sites is 1. The SMILES string of the molecule is Cc1ccc([O][Ti](=[O])([O]c2ccccc2)([c]2ccccc2)[c]2ccccc2)cc1. The van der Waals surface area contributed by atoms with E-state index in [9.17, 15) is 0 Å². The van der Waals surface area contributed by atoms with Gasteiger partial charge >= 0.3 is 173 Å². The van der Waals surface area contributed by atoms with Gasteiger partial charge in [-0.25, -0.2) is 0 Å². The van der Waals surface area contributed by atoms with Crippen molar-refractivity contribution in [3.05, 3.63) is 121 Å². The van der Waals surface area contributed by atoms with Crippen LogP contribution in [0.4, 0.5) is 0 Å². The molecule has 0 fully saturated rings. The second-order valence-corrected chi connectivity index (χ2v) is 12.6. The topological polar surface area (TPSA) is 35.5 Å². The fourth-order valence-corrected chi connectivity index (χ4v) is 8.88. The van der Waals surface area contributed by atoms with Gasteiger partial charge in [-0.1, -0.05) is 0 Å². The number of aryl methyl sites for hydroxylation is 1. The molecule has 0 amide bonds. The monoisotopic (exact) mass is 418 g/mol. The standard InChI is InChI=1S/C7H8O.C6H6O.2C6H5.O.Ti/c1-6-2-4-7(8)5-3-6;7-6-4-2-1-3-5-6;2*1-2-4-6-5-3-1;;/h2-5,8H,1H3;1-5,7H;2*1-5H;;/q;;;;;+2/p-2. The van der Waals surface area contributed by atoms with Crippen LogP contribution in [-0.4, -0.2) is 0 Å². The Labute approximate surface area is 172 Å². The Bertz CT molecular complexity index is 1100. The van der Waals surface area contributed by atoms with E-state index in [2.05, 4.69) is 0 Å². The van der Waals surface area contributed by atoms with Crippen LogP contribution < -0.4 is 14.4 Å². The molecule has 0 radical (unpaired) electrons. The normalized spacial score (nSPS) is 11.7. The zero-order chi connectivity index (χ0) is 20.2. The molecule has 3 nitrogen and oxygen atoms in total. The molecule has 0 aromatic heterocycles. The number of rotatable bonds is 6. The van der Waals surface area contributed by atoms with E-state index in [4.69, 9.17) is 6.64 Å². The van der Waals surface area contributed by atoms with Crippen LogP contribution in [0.25, 0.3) is 0 Å². The van der Waals surface area contributed by atoms with Gasteiger partial charge in [0.15, 0.2) is 0 Å². The van der Waals surface area contributed by atoms with E-state index in [0.717, 1.165) is 5.56 Å². The molecule has 4 aromatic carbocycles. The van der Waals surface area contributed by atoms with Gasteiger partial charge in [0.25, 0.3) is 0 Å². The summed E-state index contributed by atoms with van der Waals surface area (Å²) in [6, 6.07) is 35.2. The van der Waals surface area contributed by atoms with Gasteiger partial charge in [0.05, 0.1) is 0 Å². The molecule has 29 heavy (non-hydrogen) atoms. The Hall–Kier alpha value is -3.01. The summed E-state index contributed by atoms with van der Waals surface area (Å²) in [7, 11) is 0. The predicted molar refractivity (Wildman–Crippen MR) is 112 cm³/mol. The van der Waals surface area contributed by atoms with Crippen molar-refractivity contribution < 1.29 is 26.0 Å². The van der Waals surface area contributed by atoms with Gasteiger partial charge in [0, 0.05) is 0 Å². The van der Waals surface area contributed by atoms with Crippen LogP contribution in [0.5, 0.6) is 11.5 Å². The molecule has 0 saturated carbocycles. The molecule has 0 saturated heterocycles. The summed E-state index contributed by atoms with van der Waals surface area (Å²) in [5.74, 6) is 1.01. The molecule has 0 N–H and O–H groups in total. The third-order valence-corrected chi connectivity index (χ3v) is 11.0. The summed E-state index contributed by atoms with van der Waals surface area (Å²) in [5, 5.41) is 0. The van der Waals surface area contributed by atoms with E-state index >= 15 is 3.32 Å². The van der Waals surface area contributed by atoms with Crippen molar-refractivity contribution in [3.63, 3.8) is 0 Å². The predicted octanol–water partition coefficient (Wildman–Crippen LogP) is 4.97. The van der Waals surface area contributed by atoms with E-state index in [1.165, 1.54) is 0 Å². The van der Waals surface area contributed by atoms with Gasteiger partial charge in [0.1, 0.15) is 0 Å². The molecule has 0 atom stereocenters. The molecule has 0 spiro atoms. The summed E-state index contributed by atoms with van der Waals surface area (Å²) in [6.07, 6.45) is 0. The summed E-state index contributed by atoms with van der Waals surface area (Å²) < 4.78 is 29.2. The Kier molecular flexibility index (Phi) is 5.19. The number of hydrogen-bond acceptors (Lipinski definition) is 3. The van der Waals surface area contributed by atoms with Crippen LogP contribution in [0.15, 0.2) is 115 Å². The Balaban J connectivity index is 1.99. The van der Waals surface area contributed by atoms with E-state index in [0.29, 0.717) is 19.2 Å². The Morgan fingerprint density at radius 3 is 1.34 bits per heavy atom. The molecular weight excluding hydrogens is 396 g/mol. The first-order chi connectivity index (χ1) is 14.1. The zero-order valence-corrected chi connectivity index (χ0v) is 17.8. The third kappa shape index (κ3) is 3.80. The average molecular weight is 418 g/mol. The summed E-state index contributed by atoms with van der Waals surface area (Å²) in [5.41, 5.74) is 1.10. The van der Waals surface area contributed by atoms with Crippen molar-refractivity contribution in [1.29, 1.82) is 0 Å². The molecular formula is C25H22O3Ti. The van der Waals surface area contributed by atoms with Gasteiger partial charge in [-0.2, -0.15) is 0 Å². The molecule has 0 unspecified atom stereocenters. The van der Waals surface area contributed by atoms with Crippen molar-refractivity contribution in [1.82, 2.24) is 0 Å². The fourth-order valence-electron chi connectivity index (χ4n) is 3.40. The van der Waals surface area contributed by atoms with Crippen molar-refractivity contribution in [2.24, 2.45) is 0 Å². The van der Waals surface area contributed by atoms with Crippen LogP contribution in [0.2, 0.25) is 0 Å². The third-order valence-electron chi connectivity index (χ3n) is 4.91. The van der Waals surface area contributed by atoms with Crippen LogP contribution in [0.3, 0.4) is 0 Å². The minimum atomic E-state index is -5.72. The van der Waals surface area contributed by atoms with Gasteiger partial charge in [0.2, 0.25) is 0 Å². The second-order valence-electron chi connectivity index (χ2n) is 7.05. The molecule has 144 valence electrons. The Morgan fingerprint density at radius 2 is 0.897 bits per heavy atom. The Morgan fingerprint density at radius 1 is 0.517 bits per heavy atom. The van der Waals surface area contributed by atoms with Crippen LogP contribution in [-0.2, 0) is 19.4 Å². The fraction of sp³-hybridized carbons (Fsp3) is 0.0400. The summed E-state index contributed by atoms with van der Waals surface area (Å²) in [6.45, 7) is 2.00. The first kappa shape index (κ1) is 19.3. The van der Waals surface area contributed by atoms with Crippen molar-refractivity contribution in [3.8, 4) is 11.5 Å². The molecule has 4 heteroatoms. The molecule has 0 aliphatic carbocycles. The zero-order valence-electron chi connectivity index (χ0n) is 16.2.